The van der Waals surface area contributed by atoms with E-state index in [1.54, 1.807) is 4.90 Å². The van der Waals surface area contributed by atoms with Crippen LogP contribution in [0.15, 0.2) is 71.7 Å². The van der Waals surface area contributed by atoms with Crippen molar-refractivity contribution in [1.29, 1.82) is 0 Å². The number of benzene rings is 2. The van der Waals surface area contributed by atoms with Crippen LogP contribution in [-0.4, -0.2) is 23.3 Å². The van der Waals surface area contributed by atoms with Crippen LogP contribution in [0.5, 0.6) is 0 Å². The van der Waals surface area contributed by atoms with Gasteiger partial charge in [0.15, 0.2) is 4.32 Å². The first kappa shape index (κ1) is 18.0. The molecular weight excluding hydrogens is 372 g/mol. The van der Waals surface area contributed by atoms with Gasteiger partial charge in [0.05, 0.1) is 10.6 Å². The van der Waals surface area contributed by atoms with E-state index in [1.807, 2.05) is 36.4 Å². The Bertz CT molecular complexity index is 950. The minimum atomic E-state index is -0.0488. The molecule has 0 bridgehead atoms. The Labute approximate surface area is 169 Å². The van der Waals surface area contributed by atoms with Crippen molar-refractivity contribution in [2.45, 2.75) is 13.3 Å². The Morgan fingerprint density at radius 3 is 2.59 bits per heavy atom. The number of anilines is 2. The molecule has 2 heterocycles. The third kappa shape index (κ3) is 3.45. The highest BCUT2D eigenvalue weighted by molar-refractivity contribution is 8.27. The molecule has 2 aromatic carbocycles. The van der Waals surface area contributed by atoms with Crippen LogP contribution in [0.3, 0.4) is 0 Å². The quantitative estimate of drug-likeness (QED) is 0.526. The van der Waals surface area contributed by atoms with E-state index in [2.05, 4.69) is 42.2 Å². The number of hydrogen-bond donors (Lipinski definition) is 0. The predicted octanol–water partition coefficient (Wildman–Crippen LogP) is 5.25. The molecule has 1 saturated heterocycles. The van der Waals surface area contributed by atoms with Gasteiger partial charge in [-0.05, 0) is 43.2 Å². The summed E-state index contributed by atoms with van der Waals surface area (Å²) >= 11 is 6.81. The standard InChI is InChI=1S/C22H20N2OS2/c1-2-23-15-14-16(18-10-6-7-11-19(18)23)12-13-20-21(25)24(22(26)27-20)17-8-4-3-5-9-17/h3-13H,2,14-15H2,1H3. The molecule has 136 valence electrons. The number of rotatable bonds is 3. The van der Waals surface area contributed by atoms with E-state index in [-0.39, 0.29) is 5.91 Å². The Morgan fingerprint density at radius 1 is 1.07 bits per heavy atom. The summed E-state index contributed by atoms with van der Waals surface area (Å²) in [5.41, 5.74) is 4.60. The van der Waals surface area contributed by atoms with Gasteiger partial charge in [-0.1, -0.05) is 66.5 Å². The molecular formula is C22H20N2OS2. The topological polar surface area (TPSA) is 23.6 Å². The molecule has 0 unspecified atom stereocenters. The van der Waals surface area contributed by atoms with E-state index in [0.717, 1.165) is 25.2 Å². The van der Waals surface area contributed by atoms with Crippen LogP contribution in [0.4, 0.5) is 11.4 Å². The normalized spacial score (nSPS) is 19.9. The lowest BCUT2D eigenvalue weighted by molar-refractivity contribution is -0.113. The summed E-state index contributed by atoms with van der Waals surface area (Å²) in [5, 5.41) is 0. The zero-order valence-corrected chi connectivity index (χ0v) is 16.7. The summed E-state index contributed by atoms with van der Waals surface area (Å²) < 4.78 is 0.581. The van der Waals surface area contributed by atoms with E-state index in [1.165, 1.54) is 28.6 Å². The average Bonchev–Trinajstić information content (AvgIpc) is 3.00. The van der Waals surface area contributed by atoms with Crippen molar-refractivity contribution in [3.63, 3.8) is 0 Å². The van der Waals surface area contributed by atoms with E-state index in [0.29, 0.717) is 9.23 Å². The smallest absolute Gasteiger partial charge is 0.270 e. The summed E-state index contributed by atoms with van der Waals surface area (Å²) in [6.45, 7) is 4.18. The molecule has 27 heavy (non-hydrogen) atoms. The van der Waals surface area contributed by atoms with Gasteiger partial charge in [-0.15, -0.1) is 0 Å². The zero-order valence-electron chi connectivity index (χ0n) is 15.1. The second-order valence-corrected chi connectivity index (χ2v) is 8.09. The molecule has 0 saturated carbocycles. The molecule has 2 aliphatic heterocycles. The first-order chi connectivity index (χ1) is 13.2. The zero-order chi connectivity index (χ0) is 18.8. The van der Waals surface area contributed by atoms with E-state index < -0.39 is 0 Å². The maximum atomic E-state index is 12.8. The molecule has 1 amide bonds. The van der Waals surface area contributed by atoms with Crippen molar-refractivity contribution in [2.24, 2.45) is 0 Å². The van der Waals surface area contributed by atoms with Gasteiger partial charge in [-0.2, -0.15) is 0 Å². The molecule has 0 aliphatic carbocycles. The molecule has 0 N–H and O–H groups in total. The van der Waals surface area contributed by atoms with Crippen molar-refractivity contribution in [3.8, 4) is 0 Å². The van der Waals surface area contributed by atoms with Crippen LogP contribution < -0.4 is 9.80 Å². The first-order valence-corrected chi connectivity index (χ1v) is 10.3. The fourth-order valence-corrected chi connectivity index (χ4v) is 4.73. The van der Waals surface area contributed by atoms with E-state index in [9.17, 15) is 4.79 Å². The number of amides is 1. The lowest BCUT2D eigenvalue weighted by Crippen LogP contribution is -2.28. The average molecular weight is 393 g/mol. The summed E-state index contributed by atoms with van der Waals surface area (Å²) in [6.07, 6.45) is 4.99. The van der Waals surface area contributed by atoms with Crippen LogP contribution in [0.25, 0.3) is 5.57 Å². The van der Waals surface area contributed by atoms with Gasteiger partial charge in [0, 0.05) is 24.3 Å². The summed E-state index contributed by atoms with van der Waals surface area (Å²) in [5.74, 6) is -0.0488. The van der Waals surface area contributed by atoms with Crippen LogP contribution in [-0.2, 0) is 4.79 Å². The van der Waals surface area contributed by atoms with E-state index in [4.69, 9.17) is 12.2 Å². The Balaban J connectivity index is 1.63. The maximum Gasteiger partial charge on any atom is 0.270 e. The molecule has 5 heteroatoms. The van der Waals surface area contributed by atoms with Crippen molar-refractivity contribution < 1.29 is 4.79 Å². The second-order valence-electron chi connectivity index (χ2n) is 6.41. The predicted molar refractivity (Wildman–Crippen MR) is 119 cm³/mol. The number of fused-ring (bicyclic) bond motifs is 1. The Kier molecular flexibility index (Phi) is 5.14. The molecule has 2 aromatic rings. The Morgan fingerprint density at radius 2 is 1.81 bits per heavy atom. The molecule has 1 fully saturated rings. The third-order valence-corrected chi connectivity index (χ3v) is 6.19. The van der Waals surface area contributed by atoms with Crippen molar-refractivity contribution in [1.82, 2.24) is 0 Å². The number of nitrogens with zero attached hydrogens (tertiary/aromatic N) is 2. The highest BCUT2D eigenvalue weighted by Crippen LogP contribution is 2.37. The number of carbonyl (C=O) groups excluding carboxylic acids is 1. The summed E-state index contributed by atoms with van der Waals surface area (Å²) in [7, 11) is 0. The molecule has 4 rings (SSSR count). The second kappa shape index (κ2) is 7.71. The van der Waals surface area contributed by atoms with Gasteiger partial charge in [-0.25, -0.2) is 0 Å². The van der Waals surface area contributed by atoms with Crippen molar-refractivity contribution >= 4 is 51.2 Å². The number of hydrogen-bond acceptors (Lipinski definition) is 4. The lowest BCUT2D eigenvalue weighted by atomic mass is 9.95. The third-order valence-electron chi connectivity index (χ3n) is 4.87. The molecule has 0 atom stereocenters. The van der Waals surface area contributed by atoms with Crippen LogP contribution in [0.2, 0.25) is 0 Å². The SMILES string of the molecule is CCN1CCC(=CC=C2SC(=S)N(c3ccccc3)C2=O)c2ccccc21. The van der Waals surface area contributed by atoms with Crippen LogP contribution in [0.1, 0.15) is 18.9 Å². The number of carbonyl (C=O) groups is 1. The Hall–Kier alpha value is -2.37. The number of para-hydroxylation sites is 2. The first-order valence-electron chi connectivity index (χ1n) is 9.05. The van der Waals surface area contributed by atoms with Crippen molar-refractivity contribution in [3.05, 3.63) is 77.2 Å². The minimum absolute atomic E-state index is 0.0488. The van der Waals surface area contributed by atoms with Gasteiger partial charge in [0.25, 0.3) is 5.91 Å². The van der Waals surface area contributed by atoms with Gasteiger partial charge in [0.1, 0.15) is 0 Å². The highest BCUT2D eigenvalue weighted by Gasteiger charge is 2.32. The van der Waals surface area contributed by atoms with Gasteiger partial charge in [0.2, 0.25) is 0 Å². The van der Waals surface area contributed by atoms with Crippen LogP contribution >= 0.6 is 24.0 Å². The fraction of sp³-hybridized carbons (Fsp3) is 0.182. The van der Waals surface area contributed by atoms with Crippen molar-refractivity contribution in [2.75, 3.05) is 22.9 Å². The number of allylic oxidation sites excluding steroid dienone is 2. The van der Waals surface area contributed by atoms with Gasteiger partial charge < -0.3 is 4.90 Å². The number of thioether (sulfide) groups is 1. The molecule has 3 nitrogen and oxygen atoms in total. The van der Waals surface area contributed by atoms with Gasteiger partial charge >= 0.3 is 0 Å². The summed E-state index contributed by atoms with van der Waals surface area (Å²) in [4.78, 5) is 17.5. The fourth-order valence-electron chi connectivity index (χ4n) is 3.49. The molecule has 2 aliphatic rings. The minimum Gasteiger partial charge on any atom is -0.371 e. The lowest BCUT2D eigenvalue weighted by Gasteiger charge is -2.31. The van der Waals surface area contributed by atoms with Crippen LogP contribution in [0, 0.1) is 0 Å². The summed E-state index contributed by atoms with van der Waals surface area (Å²) in [6, 6.07) is 18.0. The molecule has 0 aromatic heterocycles. The van der Waals surface area contributed by atoms with Gasteiger partial charge in [-0.3, -0.25) is 9.69 Å². The number of thiocarbonyl (C=S) groups is 1. The largest absolute Gasteiger partial charge is 0.371 e. The molecule has 0 spiro atoms. The van der Waals surface area contributed by atoms with E-state index >= 15 is 0 Å². The maximum absolute atomic E-state index is 12.8. The monoisotopic (exact) mass is 392 g/mol. The highest BCUT2D eigenvalue weighted by atomic mass is 32.2. The molecule has 0 radical (unpaired) electrons.